The summed E-state index contributed by atoms with van der Waals surface area (Å²) in [6, 6.07) is 0. The van der Waals surface area contributed by atoms with Gasteiger partial charge in [0.1, 0.15) is 10.7 Å². The number of nitrogens with zero attached hydrogens (tertiary/aromatic N) is 3. The number of aromatic amines is 1. The van der Waals surface area contributed by atoms with Gasteiger partial charge in [0.15, 0.2) is 0 Å². The second-order valence-corrected chi connectivity index (χ2v) is 2.88. The second kappa shape index (κ2) is 1.98. The van der Waals surface area contributed by atoms with Crippen LogP contribution in [0.5, 0.6) is 0 Å². The van der Waals surface area contributed by atoms with Crippen LogP contribution in [0.4, 0.5) is 0 Å². The Morgan fingerprint density at radius 2 is 2.45 bits per heavy atom. The van der Waals surface area contributed by atoms with E-state index in [1.807, 2.05) is 18.7 Å². The highest BCUT2D eigenvalue weighted by molar-refractivity contribution is 6.34. The first-order chi connectivity index (χ1) is 5.20. The number of halogens is 1. The van der Waals surface area contributed by atoms with Gasteiger partial charge in [0.2, 0.25) is 6.33 Å². The number of nitrogens with one attached hydrogen (secondary N) is 1. The molecule has 0 bridgehead atoms. The molecule has 0 aliphatic carbocycles. The molecule has 0 aliphatic heterocycles. The molecule has 1 N–H and O–H groups in total. The van der Waals surface area contributed by atoms with E-state index in [1.165, 1.54) is 0 Å². The van der Waals surface area contributed by atoms with E-state index >= 15 is 0 Å². The van der Waals surface area contributed by atoms with Gasteiger partial charge in [-0.15, -0.1) is 0 Å². The molecule has 0 aliphatic rings. The zero-order valence-corrected chi connectivity index (χ0v) is 7.05. The van der Waals surface area contributed by atoms with Crippen LogP contribution >= 0.6 is 11.6 Å². The van der Waals surface area contributed by atoms with E-state index in [2.05, 4.69) is 10.1 Å². The molecule has 5 heteroatoms. The molecule has 58 valence electrons. The van der Waals surface area contributed by atoms with Gasteiger partial charge < -0.3 is 0 Å². The molecule has 0 atom stereocenters. The van der Waals surface area contributed by atoms with E-state index in [0.717, 1.165) is 11.3 Å². The van der Waals surface area contributed by atoms with Gasteiger partial charge in [-0.05, 0) is 6.92 Å². The average molecular weight is 172 g/mol. The number of fused-ring (bicyclic) bond motifs is 1. The molecule has 0 fully saturated rings. The number of hydrogen-bond donors (Lipinski definition) is 1. The lowest BCUT2D eigenvalue weighted by atomic mass is 10.5. The fourth-order valence-electron chi connectivity index (χ4n) is 1.05. The fourth-order valence-corrected chi connectivity index (χ4v) is 1.22. The molecular weight excluding hydrogens is 164 g/mol. The maximum atomic E-state index is 5.93. The van der Waals surface area contributed by atoms with E-state index in [4.69, 9.17) is 11.6 Å². The van der Waals surface area contributed by atoms with Gasteiger partial charge >= 0.3 is 0 Å². The lowest BCUT2D eigenvalue weighted by molar-refractivity contribution is -0.744. The van der Waals surface area contributed by atoms with Crippen molar-refractivity contribution in [3.8, 4) is 0 Å². The topological polar surface area (TPSA) is 37.0 Å². The summed E-state index contributed by atoms with van der Waals surface area (Å²) in [4.78, 5) is 4.10. The highest BCUT2D eigenvalue weighted by Crippen LogP contribution is 2.16. The molecule has 2 aromatic rings. The van der Waals surface area contributed by atoms with Gasteiger partial charge in [0.05, 0.1) is 7.05 Å². The first kappa shape index (κ1) is 6.67. The van der Waals surface area contributed by atoms with Gasteiger partial charge in [-0.1, -0.05) is 21.2 Å². The monoisotopic (exact) mass is 171 g/mol. The SMILES string of the molecule is Cc1[nH]n2c(nc[n+]2C)c1Cl. The molecule has 0 unspecified atom stereocenters. The lowest BCUT2D eigenvalue weighted by Gasteiger charge is -1.81. The van der Waals surface area contributed by atoms with Crippen LogP contribution < -0.4 is 4.68 Å². The van der Waals surface area contributed by atoms with Crippen molar-refractivity contribution in [1.82, 2.24) is 14.7 Å². The van der Waals surface area contributed by atoms with E-state index in [1.54, 1.807) is 11.0 Å². The molecule has 0 saturated carbocycles. The van der Waals surface area contributed by atoms with Crippen LogP contribution in [0, 0.1) is 6.92 Å². The van der Waals surface area contributed by atoms with Crippen LogP contribution in [0.15, 0.2) is 6.33 Å². The van der Waals surface area contributed by atoms with Gasteiger partial charge in [0, 0.05) is 0 Å². The average Bonchev–Trinajstić information content (AvgIpc) is 2.43. The van der Waals surface area contributed by atoms with Crippen LogP contribution in [0.3, 0.4) is 0 Å². The van der Waals surface area contributed by atoms with Crippen molar-refractivity contribution in [3.05, 3.63) is 17.0 Å². The van der Waals surface area contributed by atoms with E-state index in [9.17, 15) is 0 Å². The normalized spacial score (nSPS) is 11.2. The Labute approximate surface area is 68.4 Å². The fraction of sp³-hybridized carbons (Fsp3) is 0.333. The Kier molecular flexibility index (Phi) is 1.20. The zero-order chi connectivity index (χ0) is 8.01. The lowest BCUT2D eigenvalue weighted by Crippen LogP contribution is -2.34. The summed E-state index contributed by atoms with van der Waals surface area (Å²) in [6.07, 6.45) is 1.71. The third kappa shape index (κ3) is 0.758. The van der Waals surface area contributed by atoms with Gasteiger partial charge in [-0.2, -0.15) is 4.68 Å². The largest absolute Gasteiger partial charge is 0.292 e. The summed E-state index contributed by atoms with van der Waals surface area (Å²) in [7, 11) is 1.90. The Morgan fingerprint density at radius 1 is 1.73 bits per heavy atom. The summed E-state index contributed by atoms with van der Waals surface area (Å²) >= 11 is 5.93. The van der Waals surface area contributed by atoms with Crippen LogP contribution in [0.1, 0.15) is 5.69 Å². The molecule has 0 radical (unpaired) electrons. The summed E-state index contributed by atoms with van der Waals surface area (Å²) in [6.45, 7) is 1.91. The van der Waals surface area contributed by atoms with Gasteiger partial charge in [0.25, 0.3) is 5.65 Å². The van der Waals surface area contributed by atoms with Crippen molar-refractivity contribution in [2.75, 3.05) is 0 Å². The number of rotatable bonds is 0. The minimum Gasteiger partial charge on any atom is -0.205 e. The van der Waals surface area contributed by atoms with E-state index in [0.29, 0.717) is 5.02 Å². The Bertz CT molecular complexity index is 400. The molecule has 11 heavy (non-hydrogen) atoms. The van der Waals surface area contributed by atoms with Crippen molar-refractivity contribution < 1.29 is 4.68 Å². The molecular formula is C6H8ClN4+. The van der Waals surface area contributed by atoms with Crippen LogP contribution in [-0.4, -0.2) is 14.7 Å². The highest BCUT2D eigenvalue weighted by atomic mass is 35.5. The maximum Gasteiger partial charge on any atom is 0.292 e. The van der Waals surface area contributed by atoms with E-state index in [-0.39, 0.29) is 0 Å². The van der Waals surface area contributed by atoms with Crippen molar-refractivity contribution in [3.63, 3.8) is 0 Å². The summed E-state index contributed by atoms with van der Waals surface area (Å²) in [5.41, 5.74) is 1.71. The van der Waals surface area contributed by atoms with Crippen LogP contribution in [-0.2, 0) is 7.05 Å². The molecule has 0 amide bonds. The number of H-pyrrole nitrogens is 1. The smallest absolute Gasteiger partial charge is 0.205 e. The number of aromatic nitrogens is 4. The molecule has 0 spiro atoms. The Balaban J connectivity index is 2.93. The molecule has 0 saturated heterocycles. The van der Waals surface area contributed by atoms with Gasteiger partial charge in [-0.25, -0.2) is 5.10 Å². The van der Waals surface area contributed by atoms with Crippen molar-refractivity contribution in [2.45, 2.75) is 6.92 Å². The van der Waals surface area contributed by atoms with Gasteiger partial charge in [-0.3, -0.25) is 0 Å². The molecule has 2 rings (SSSR count). The summed E-state index contributed by atoms with van der Waals surface area (Å²) in [5.74, 6) is 0. The highest BCUT2D eigenvalue weighted by Gasteiger charge is 2.15. The van der Waals surface area contributed by atoms with E-state index < -0.39 is 0 Å². The molecule has 2 heterocycles. The van der Waals surface area contributed by atoms with Crippen molar-refractivity contribution in [1.29, 1.82) is 0 Å². The Hall–Kier alpha value is -1.03. The third-order valence-electron chi connectivity index (χ3n) is 1.66. The quantitative estimate of drug-likeness (QED) is 0.575. The minimum atomic E-state index is 0.686. The molecule has 4 nitrogen and oxygen atoms in total. The predicted molar refractivity (Wildman–Crippen MR) is 40.5 cm³/mol. The third-order valence-corrected chi connectivity index (χ3v) is 2.11. The minimum absolute atomic E-state index is 0.686. The van der Waals surface area contributed by atoms with Crippen molar-refractivity contribution >= 4 is 17.2 Å². The van der Waals surface area contributed by atoms with Crippen molar-refractivity contribution in [2.24, 2.45) is 7.05 Å². The molecule has 0 aromatic carbocycles. The zero-order valence-electron chi connectivity index (χ0n) is 6.30. The number of hydrogen-bond acceptors (Lipinski definition) is 1. The number of aryl methyl sites for hydroxylation is 2. The standard InChI is InChI=1S/C6H7ClN4/c1-4-5(7)6-8-3-10(2)11(6)9-4/h3H,1-2H3/p+1. The first-order valence-electron chi connectivity index (χ1n) is 3.27. The Morgan fingerprint density at radius 3 is 3.09 bits per heavy atom. The first-order valence-corrected chi connectivity index (χ1v) is 3.65. The summed E-state index contributed by atoms with van der Waals surface area (Å²) in [5, 5.41) is 3.75. The van der Waals surface area contributed by atoms with Crippen LogP contribution in [0.25, 0.3) is 5.65 Å². The maximum absolute atomic E-state index is 5.93. The van der Waals surface area contributed by atoms with Crippen LogP contribution in [0.2, 0.25) is 5.02 Å². The second-order valence-electron chi connectivity index (χ2n) is 2.50. The predicted octanol–water partition coefficient (Wildman–Crippen LogP) is 0.449. The molecule has 2 aromatic heterocycles. The summed E-state index contributed by atoms with van der Waals surface area (Å²) < 4.78 is 3.62.